The van der Waals surface area contributed by atoms with E-state index in [9.17, 15) is 5.11 Å². The highest BCUT2D eigenvalue weighted by atomic mass is 16.3. The molecule has 1 saturated carbocycles. The highest BCUT2D eigenvalue weighted by Crippen LogP contribution is 2.44. The Morgan fingerprint density at radius 1 is 0.750 bits per heavy atom. The largest absolute Gasteiger partial charge is 0.392 e. The van der Waals surface area contributed by atoms with Crippen LogP contribution in [0, 0.1) is 0 Å². The molecule has 1 fully saturated rings. The zero-order valence-electron chi connectivity index (χ0n) is 15.5. The van der Waals surface area contributed by atoms with Crippen LogP contribution in [0.5, 0.6) is 0 Å². The second-order valence-corrected chi connectivity index (χ2v) is 7.42. The van der Waals surface area contributed by atoms with Gasteiger partial charge in [0.1, 0.15) is 5.54 Å². The molecule has 0 spiro atoms. The van der Waals surface area contributed by atoms with Gasteiger partial charge >= 0.3 is 0 Å². The third kappa shape index (κ3) is 2.67. The van der Waals surface area contributed by atoms with E-state index in [4.69, 9.17) is 0 Å². The molecule has 3 heteroatoms. The van der Waals surface area contributed by atoms with Crippen molar-refractivity contribution >= 4 is 0 Å². The maximum Gasteiger partial charge on any atom is 0.121 e. The Hall–Kier alpha value is -3.17. The number of nitrogens with zero attached hydrogens (tertiary/aromatic N) is 2. The summed E-state index contributed by atoms with van der Waals surface area (Å²) in [4.78, 5) is 4.67. The van der Waals surface area contributed by atoms with Gasteiger partial charge in [0.2, 0.25) is 0 Å². The molecule has 4 aromatic rings. The molecule has 1 aliphatic carbocycles. The number of aromatic nitrogens is 2. The third-order valence-corrected chi connectivity index (χ3v) is 5.70. The van der Waals surface area contributed by atoms with Crippen LogP contribution in [0.4, 0.5) is 0 Å². The molecule has 0 amide bonds. The van der Waals surface area contributed by atoms with Crippen molar-refractivity contribution in [1.82, 2.24) is 9.55 Å². The van der Waals surface area contributed by atoms with Crippen LogP contribution in [0.2, 0.25) is 0 Å². The second-order valence-electron chi connectivity index (χ2n) is 7.42. The van der Waals surface area contributed by atoms with Gasteiger partial charge in [0.25, 0.3) is 0 Å². The predicted octanol–water partition coefficient (Wildman–Crippen LogP) is 4.57. The molecule has 0 unspecified atom stereocenters. The van der Waals surface area contributed by atoms with Crippen LogP contribution in [0.25, 0.3) is 0 Å². The van der Waals surface area contributed by atoms with Crippen molar-refractivity contribution in [1.29, 1.82) is 0 Å². The van der Waals surface area contributed by atoms with Crippen molar-refractivity contribution in [3.8, 4) is 0 Å². The Kier molecular flexibility index (Phi) is 4.10. The van der Waals surface area contributed by atoms with Crippen molar-refractivity contribution in [2.75, 3.05) is 0 Å². The highest BCUT2D eigenvalue weighted by molar-refractivity contribution is 5.50. The molecule has 28 heavy (non-hydrogen) atoms. The topological polar surface area (TPSA) is 38.0 Å². The van der Waals surface area contributed by atoms with Crippen LogP contribution in [0.3, 0.4) is 0 Å². The lowest BCUT2D eigenvalue weighted by Gasteiger charge is -2.37. The van der Waals surface area contributed by atoms with E-state index in [1.165, 1.54) is 16.7 Å². The summed E-state index contributed by atoms with van der Waals surface area (Å²) in [6, 6.07) is 31.7. The Balaban J connectivity index is 1.81. The van der Waals surface area contributed by atoms with Gasteiger partial charge in [0.15, 0.2) is 0 Å². The van der Waals surface area contributed by atoms with Crippen LogP contribution in [-0.4, -0.2) is 20.8 Å². The fraction of sp³-hybridized carbons (Fsp3) is 0.160. The number of rotatable bonds is 5. The maximum absolute atomic E-state index is 9.89. The second kappa shape index (κ2) is 6.77. The molecule has 0 bridgehead atoms. The molecule has 3 aromatic carbocycles. The first-order chi connectivity index (χ1) is 13.8. The van der Waals surface area contributed by atoms with Gasteiger partial charge in [-0.1, -0.05) is 91.0 Å². The molecule has 1 N–H and O–H groups in total. The molecular weight excluding hydrogens is 344 g/mol. The smallest absolute Gasteiger partial charge is 0.121 e. The molecule has 5 rings (SSSR count). The van der Waals surface area contributed by atoms with E-state index in [1.54, 1.807) is 0 Å². The summed E-state index contributed by atoms with van der Waals surface area (Å²) in [5, 5.41) is 9.89. The maximum atomic E-state index is 9.89. The van der Waals surface area contributed by atoms with Crippen molar-refractivity contribution in [3.63, 3.8) is 0 Å². The van der Waals surface area contributed by atoms with Gasteiger partial charge in [-0.15, -0.1) is 0 Å². The summed E-state index contributed by atoms with van der Waals surface area (Å²) in [6.07, 6.45) is 4.55. The van der Waals surface area contributed by atoms with E-state index in [2.05, 4.69) is 88.5 Å². The molecular formula is C25H22N2O. The first kappa shape index (κ1) is 17.0. The fourth-order valence-corrected chi connectivity index (χ4v) is 4.20. The van der Waals surface area contributed by atoms with E-state index in [0.717, 1.165) is 12.1 Å². The summed E-state index contributed by atoms with van der Waals surface area (Å²) in [5.74, 6) is 0.154. The summed E-state index contributed by atoms with van der Waals surface area (Å²) in [6.45, 7) is 0. The number of aliphatic hydroxyl groups is 1. The average molecular weight is 366 g/mol. The van der Waals surface area contributed by atoms with Crippen LogP contribution in [-0.2, 0) is 5.54 Å². The van der Waals surface area contributed by atoms with Gasteiger partial charge in [-0.05, 0) is 23.1 Å². The molecule has 1 aromatic heterocycles. The third-order valence-electron chi connectivity index (χ3n) is 5.70. The molecule has 1 aliphatic rings. The number of imidazole rings is 1. The van der Waals surface area contributed by atoms with Gasteiger partial charge < -0.3 is 9.67 Å². The monoisotopic (exact) mass is 366 g/mol. The minimum absolute atomic E-state index is 0.154. The van der Waals surface area contributed by atoms with Crippen molar-refractivity contribution < 1.29 is 5.11 Å². The quantitative estimate of drug-likeness (QED) is 0.525. The minimum Gasteiger partial charge on any atom is -0.392 e. The number of hydrogen-bond donors (Lipinski definition) is 1. The normalized spacial score (nSPS) is 18.8. The number of hydrogen-bond acceptors (Lipinski definition) is 2. The molecule has 3 nitrogen and oxygen atoms in total. The van der Waals surface area contributed by atoms with Crippen molar-refractivity contribution in [2.24, 2.45) is 0 Å². The molecule has 1 heterocycles. The Bertz CT molecular complexity index is 961. The van der Waals surface area contributed by atoms with Crippen molar-refractivity contribution in [3.05, 3.63) is 126 Å². The Morgan fingerprint density at radius 2 is 1.18 bits per heavy atom. The molecule has 0 aliphatic heterocycles. The minimum atomic E-state index is -0.533. The van der Waals surface area contributed by atoms with E-state index in [1.807, 2.05) is 24.5 Å². The zero-order valence-corrected chi connectivity index (χ0v) is 15.5. The summed E-state index contributed by atoms with van der Waals surface area (Å²) >= 11 is 0. The molecule has 138 valence electrons. The van der Waals surface area contributed by atoms with Gasteiger partial charge in [-0.2, -0.15) is 0 Å². The van der Waals surface area contributed by atoms with Crippen molar-refractivity contribution in [2.45, 2.75) is 24.0 Å². The molecule has 0 radical (unpaired) electrons. The van der Waals surface area contributed by atoms with Gasteiger partial charge in [0.05, 0.1) is 18.1 Å². The highest BCUT2D eigenvalue weighted by Gasteiger charge is 2.42. The summed E-state index contributed by atoms with van der Waals surface area (Å²) in [7, 11) is 0. The standard InChI is InChI=1S/C25H22N2O/c28-24-16-22(24)23-17-27(18-26-23)25(19-10-4-1-5-11-19,20-12-6-2-7-13-20)21-14-8-3-9-15-21/h1-15,17-18,22,24,28H,16H2/t22-,24+/m0/s1. The predicted molar refractivity (Wildman–Crippen MR) is 110 cm³/mol. The Morgan fingerprint density at radius 3 is 1.57 bits per heavy atom. The lowest BCUT2D eigenvalue weighted by Crippen LogP contribution is -2.36. The van der Waals surface area contributed by atoms with Crippen LogP contribution in [0.15, 0.2) is 104 Å². The van der Waals surface area contributed by atoms with E-state index in [0.29, 0.717) is 0 Å². The first-order valence-electron chi connectivity index (χ1n) is 9.69. The average Bonchev–Trinajstić information content (AvgIpc) is 3.29. The number of benzene rings is 3. The molecule has 0 saturated heterocycles. The summed E-state index contributed by atoms with van der Waals surface area (Å²) < 4.78 is 2.20. The van der Waals surface area contributed by atoms with Gasteiger partial charge in [-0.25, -0.2) is 4.98 Å². The number of aliphatic hydroxyl groups excluding tert-OH is 1. The lowest BCUT2D eigenvalue weighted by molar-refractivity contribution is 0.271. The van der Waals surface area contributed by atoms with E-state index in [-0.39, 0.29) is 12.0 Å². The van der Waals surface area contributed by atoms with Crippen LogP contribution < -0.4 is 0 Å². The van der Waals surface area contributed by atoms with Gasteiger partial charge in [-0.3, -0.25) is 0 Å². The lowest BCUT2D eigenvalue weighted by atomic mass is 9.77. The van der Waals surface area contributed by atoms with E-state index >= 15 is 0 Å². The van der Waals surface area contributed by atoms with Crippen LogP contribution in [0.1, 0.15) is 34.7 Å². The first-order valence-corrected chi connectivity index (χ1v) is 9.69. The summed E-state index contributed by atoms with van der Waals surface area (Å²) in [5.41, 5.74) is 3.95. The molecule has 2 atom stereocenters. The fourth-order valence-electron chi connectivity index (χ4n) is 4.20. The Labute approximate surface area is 164 Å². The zero-order chi connectivity index (χ0) is 19.0. The van der Waals surface area contributed by atoms with E-state index < -0.39 is 5.54 Å². The van der Waals surface area contributed by atoms with Crippen LogP contribution >= 0.6 is 0 Å². The van der Waals surface area contributed by atoms with Gasteiger partial charge in [0, 0.05) is 12.1 Å². The SMILES string of the molecule is O[C@@H]1C[C@H]1c1cn(C(c2ccccc2)(c2ccccc2)c2ccccc2)cn1.